The van der Waals surface area contributed by atoms with Crippen LogP contribution in [0.3, 0.4) is 0 Å². The van der Waals surface area contributed by atoms with E-state index in [1.54, 1.807) is 12.1 Å². The third kappa shape index (κ3) is 2.86. The first-order chi connectivity index (χ1) is 16.5. The van der Waals surface area contributed by atoms with Crippen LogP contribution in [-0.4, -0.2) is 27.2 Å². The van der Waals surface area contributed by atoms with Gasteiger partial charge in [0.2, 0.25) is 0 Å². The maximum absolute atomic E-state index is 13.3. The molecule has 1 spiro atoms. The largest absolute Gasteiger partial charge is 0.508 e. The molecule has 35 heavy (non-hydrogen) atoms. The van der Waals surface area contributed by atoms with E-state index in [-0.39, 0.29) is 33.6 Å². The summed E-state index contributed by atoms with van der Waals surface area (Å²) in [7, 11) is 0. The van der Waals surface area contributed by atoms with E-state index in [1.807, 2.05) is 24.3 Å². The Hall–Kier alpha value is -2.34. The Bertz CT molecular complexity index is 1270. The highest BCUT2D eigenvalue weighted by Gasteiger charge is 2.69. The molecule has 4 aliphatic rings. The number of alkyl halides is 1. The van der Waals surface area contributed by atoms with Gasteiger partial charge in [0, 0.05) is 39.9 Å². The van der Waals surface area contributed by atoms with Crippen LogP contribution in [0.5, 0.6) is 11.5 Å². The molecule has 6 atom stereocenters. The van der Waals surface area contributed by atoms with Crippen LogP contribution >= 0.6 is 15.9 Å². The van der Waals surface area contributed by atoms with Crippen molar-refractivity contribution in [3.05, 3.63) is 58.7 Å². The number of carbonyl (C=O) groups excluding carboxylic acids is 2. The number of hydrogen-bond acceptors (Lipinski definition) is 4. The van der Waals surface area contributed by atoms with E-state index < -0.39 is 17.1 Å². The first-order valence-corrected chi connectivity index (χ1v) is 13.5. The van der Waals surface area contributed by atoms with Crippen LogP contribution < -0.4 is 10.1 Å². The van der Waals surface area contributed by atoms with E-state index in [0.29, 0.717) is 23.5 Å². The lowest BCUT2D eigenvalue weighted by Crippen LogP contribution is -2.71. The van der Waals surface area contributed by atoms with E-state index >= 15 is 0 Å². The molecule has 2 aromatic rings. The zero-order valence-corrected chi connectivity index (χ0v) is 22.2. The summed E-state index contributed by atoms with van der Waals surface area (Å²) in [6, 6.07) is 10.6. The van der Waals surface area contributed by atoms with Gasteiger partial charge in [-0.25, -0.2) is 0 Å². The maximum Gasteiger partial charge on any atom is 0.252 e. The topological polar surface area (TPSA) is 75.6 Å². The summed E-state index contributed by atoms with van der Waals surface area (Å²) in [5.74, 6) is 1.51. The summed E-state index contributed by atoms with van der Waals surface area (Å²) >= 11 is 3.73. The second kappa shape index (κ2) is 7.34. The van der Waals surface area contributed by atoms with Gasteiger partial charge < -0.3 is 15.2 Å². The number of phenols is 1. The summed E-state index contributed by atoms with van der Waals surface area (Å²) in [5.41, 5.74) is 1.96. The number of ketones is 1. The molecule has 2 aliphatic heterocycles. The van der Waals surface area contributed by atoms with Crippen LogP contribution in [0.25, 0.3) is 0 Å². The number of halogens is 1. The lowest BCUT2D eigenvalue weighted by molar-refractivity contribution is -0.207. The summed E-state index contributed by atoms with van der Waals surface area (Å²) in [4.78, 5) is 26.1. The van der Waals surface area contributed by atoms with Crippen LogP contribution in [0, 0.1) is 22.7 Å². The molecule has 2 saturated carbocycles. The number of para-hydroxylation sites is 1. The van der Waals surface area contributed by atoms with E-state index in [2.05, 4.69) is 48.9 Å². The second-order valence-corrected chi connectivity index (χ2v) is 13.0. The summed E-state index contributed by atoms with van der Waals surface area (Å²) < 4.78 is 7.28. The lowest BCUT2D eigenvalue weighted by Gasteiger charge is -2.66. The van der Waals surface area contributed by atoms with Gasteiger partial charge >= 0.3 is 0 Å². The highest BCUT2D eigenvalue weighted by molar-refractivity contribution is 9.10. The molecule has 2 N–H and O–H groups in total. The molecular formula is C29H32BrNO4. The van der Waals surface area contributed by atoms with Gasteiger partial charge in [-0.05, 0) is 42.9 Å². The van der Waals surface area contributed by atoms with Gasteiger partial charge in [-0.3, -0.25) is 9.59 Å². The molecule has 0 aromatic heterocycles. The Morgan fingerprint density at radius 1 is 1.09 bits per heavy atom. The van der Waals surface area contributed by atoms with Gasteiger partial charge in [-0.1, -0.05) is 67.9 Å². The molecule has 5 nitrogen and oxygen atoms in total. The monoisotopic (exact) mass is 537 g/mol. The predicted octanol–water partition coefficient (Wildman–Crippen LogP) is 5.71. The number of benzene rings is 2. The fraction of sp³-hybridized carbons (Fsp3) is 0.517. The molecular weight excluding hydrogens is 506 g/mol. The molecule has 184 valence electrons. The van der Waals surface area contributed by atoms with Crippen LogP contribution in [0.1, 0.15) is 80.0 Å². The molecule has 1 amide bonds. The molecule has 6 rings (SSSR count). The molecule has 2 heterocycles. The number of amides is 1. The van der Waals surface area contributed by atoms with Gasteiger partial charge in [0.25, 0.3) is 5.91 Å². The second-order valence-electron chi connectivity index (χ2n) is 11.9. The van der Waals surface area contributed by atoms with E-state index in [4.69, 9.17) is 4.74 Å². The Labute approximate surface area is 214 Å². The van der Waals surface area contributed by atoms with Crippen LogP contribution in [0.2, 0.25) is 0 Å². The van der Waals surface area contributed by atoms with Crippen molar-refractivity contribution in [2.75, 3.05) is 0 Å². The average Bonchev–Trinajstić information content (AvgIpc) is 3.14. The number of Topliss-reactive ketones (excluding diaryl/α,β-unsaturated/α-hetero) is 1. The third-order valence-electron chi connectivity index (χ3n) is 9.95. The number of phenolic OH excluding ortho intramolecular Hbond substituents is 1. The van der Waals surface area contributed by atoms with E-state index in [1.165, 1.54) is 0 Å². The van der Waals surface area contributed by atoms with Crippen molar-refractivity contribution in [1.29, 1.82) is 0 Å². The van der Waals surface area contributed by atoms with Crippen molar-refractivity contribution >= 4 is 27.6 Å². The van der Waals surface area contributed by atoms with Crippen molar-refractivity contribution in [2.45, 2.75) is 69.8 Å². The third-order valence-corrected chi connectivity index (χ3v) is 10.7. The number of nitrogens with one attached hydrogen (secondary N) is 1. The molecule has 2 fully saturated rings. The lowest BCUT2D eigenvalue weighted by atomic mass is 9.44. The number of ether oxygens (including phenoxy) is 1. The minimum absolute atomic E-state index is 0.0788. The van der Waals surface area contributed by atoms with Crippen LogP contribution in [-0.2, 0) is 11.2 Å². The number of rotatable bonds is 1. The maximum atomic E-state index is 13.3. The molecule has 0 bridgehead atoms. The Morgan fingerprint density at radius 3 is 2.57 bits per heavy atom. The summed E-state index contributed by atoms with van der Waals surface area (Å²) in [5, 5.41) is 13.7. The Balaban J connectivity index is 1.58. The molecule has 0 radical (unpaired) electrons. The fourth-order valence-corrected chi connectivity index (χ4v) is 8.87. The van der Waals surface area contributed by atoms with Gasteiger partial charge in [-0.15, -0.1) is 0 Å². The summed E-state index contributed by atoms with van der Waals surface area (Å²) in [6.45, 7) is 8.82. The molecule has 6 heteroatoms. The number of hydrogen-bond donors (Lipinski definition) is 2. The van der Waals surface area contributed by atoms with Crippen LogP contribution in [0.15, 0.2) is 36.4 Å². The van der Waals surface area contributed by atoms with Crippen molar-refractivity contribution in [3.8, 4) is 11.5 Å². The Kier molecular flexibility index (Phi) is 4.84. The van der Waals surface area contributed by atoms with Crippen molar-refractivity contribution in [3.63, 3.8) is 0 Å². The highest BCUT2D eigenvalue weighted by atomic mass is 79.9. The van der Waals surface area contributed by atoms with Gasteiger partial charge in [0.05, 0.1) is 10.9 Å². The fourth-order valence-electron chi connectivity index (χ4n) is 7.80. The molecule has 2 aliphatic carbocycles. The van der Waals surface area contributed by atoms with Crippen molar-refractivity contribution in [1.82, 2.24) is 5.32 Å². The number of fused-ring (bicyclic) bond motifs is 3. The first-order valence-electron chi connectivity index (χ1n) is 12.6. The smallest absolute Gasteiger partial charge is 0.252 e. The quantitative estimate of drug-likeness (QED) is 0.456. The minimum Gasteiger partial charge on any atom is -0.508 e. The van der Waals surface area contributed by atoms with Crippen molar-refractivity contribution < 1.29 is 19.4 Å². The highest BCUT2D eigenvalue weighted by Crippen LogP contribution is 2.66. The average molecular weight is 538 g/mol. The molecule has 1 unspecified atom stereocenters. The van der Waals surface area contributed by atoms with E-state index in [9.17, 15) is 14.7 Å². The normalized spacial score (nSPS) is 36.8. The zero-order valence-electron chi connectivity index (χ0n) is 20.7. The molecule has 2 aromatic carbocycles. The predicted molar refractivity (Wildman–Crippen MR) is 137 cm³/mol. The van der Waals surface area contributed by atoms with Gasteiger partial charge in [0.15, 0.2) is 5.78 Å². The Morgan fingerprint density at radius 2 is 1.83 bits per heavy atom. The standard InChI is InChI=1S/C29H32BrNO4/c1-15-9-12-21-27(2,3)25(33)19(30)14-29(21)28(15,4)13-16-10-11-18-22(24(16)35-29)23(31-26(18)34)17-7-5-6-8-20(17)32/h5-8,10-11,15,19,21,23,32H,9,12-14H2,1-4H3,(H,31,34)/t15-,19+,21-,23?,28+,29-/m0/s1. The molecule has 0 saturated heterocycles. The van der Waals surface area contributed by atoms with Crippen molar-refractivity contribution in [2.24, 2.45) is 22.7 Å². The van der Waals surface area contributed by atoms with Gasteiger partial charge in [0.1, 0.15) is 17.1 Å². The minimum atomic E-state index is -0.534. The zero-order chi connectivity index (χ0) is 24.9. The van der Waals surface area contributed by atoms with E-state index in [0.717, 1.165) is 36.1 Å². The number of aromatic hydroxyl groups is 1. The SMILES string of the molecule is C[C@H]1CC[C@H]2C(C)(C)C(=O)[C@H](Br)C[C@]23Oc2c(ccc4c2C(c2ccccc2O)NC4=O)C[C@]13C. The van der Waals surface area contributed by atoms with Gasteiger partial charge in [-0.2, -0.15) is 0 Å². The first kappa shape index (κ1) is 23.1. The summed E-state index contributed by atoms with van der Waals surface area (Å²) in [6.07, 6.45) is 3.46. The number of carbonyl (C=O) groups is 2. The van der Waals surface area contributed by atoms with Crippen LogP contribution in [0.4, 0.5) is 0 Å².